The second kappa shape index (κ2) is 5.40. The van der Waals surface area contributed by atoms with Gasteiger partial charge in [0.15, 0.2) is 0 Å². The second-order valence-electron chi connectivity index (χ2n) is 7.11. The summed E-state index contributed by atoms with van der Waals surface area (Å²) in [5.41, 5.74) is 2.84. The number of anilines is 1. The Kier molecular flexibility index (Phi) is 3.43. The molecule has 0 saturated heterocycles. The van der Waals surface area contributed by atoms with Gasteiger partial charge in [-0.3, -0.25) is 0 Å². The van der Waals surface area contributed by atoms with Crippen LogP contribution in [0.2, 0.25) is 0 Å². The average Bonchev–Trinajstić information content (AvgIpc) is 3.37. The Morgan fingerprint density at radius 1 is 1.10 bits per heavy atom. The molecule has 2 aliphatic carbocycles. The molecule has 0 aromatic heterocycles. The number of nitrogens with one attached hydrogen (secondary N) is 2. The highest BCUT2D eigenvalue weighted by atomic mass is 14.9. The van der Waals surface area contributed by atoms with Crippen LogP contribution in [0.25, 0.3) is 0 Å². The van der Waals surface area contributed by atoms with Gasteiger partial charge in [-0.15, -0.1) is 0 Å². The molecule has 108 valence electrons. The summed E-state index contributed by atoms with van der Waals surface area (Å²) in [5, 5.41) is 7.37. The molecule has 2 nitrogen and oxygen atoms in total. The number of hydrogen-bond donors (Lipinski definition) is 2. The van der Waals surface area contributed by atoms with Crippen LogP contribution in [-0.2, 0) is 6.42 Å². The third-order valence-corrected chi connectivity index (χ3v) is 5.38. The van der Waals surface area contributed by atoms with Crippen LogP contribution in [0.3, 0.4) is 0 Å². The van der Waals surface area contributed by atoms with Crippen LogP contribution in [-0.4, -0.2) is 19.6 Å². The Morgan fingerprint density at radius 2 is 1.85 bits per heavy atom. The van der Waals surface area contributed by atoms with Crippen molar-refractivity contribution >= 4 is 5.69 Å². The fourth-order valence-corrected chi connectivity index (χ4v) is 3.87. The Hall–Kier alpha value is -1.02. The van der Waals surface area contributed by atoms with Crippen LogP contribution in [0.1, 0.15) is 31.2 Å². The van der Waals surface area contributed by atoms with E-state index in [-0.39, 0.29) is 0 Å². The van der Waals surface area contributed by atoms with Gasteiger partial charge in [-0.05, 0) is 80.5 Å². The molecule has 1 aromatic rings. The van der Waals surface area contributed by atoms with Crippen molar-refractivity contribution in [2.45, 2.75) is 32.1 Å². The highest BCUT2D eigenvalue weighted by molar-refractivity contribution is 5.53. The van der Waals surface area contributed by atoms with Crippen LogP contribution < -0.4 is 10.6 Å². The summed E-state index contributed by atoms with van der Waals surface area (Å²) in [5.74, 6) is 3.89. The predicted molar refractivity (Wildman–Crippen MR) is 83.9 cm³/mol. The van der Waals surface area contributed by atoms with E-state index in [2.05, 4.69) is 34.9 Å². The molecule has 1 heterocycles. The van der Waals surface area contributed by atoms with E-state index < -0.39 is 0 Å². The smallest absolute Gasteiger partial charge is 0.0372 e. The van der Waals surface area contributed by atoms with Crippen molar-refractivity contribution in [3.63, 3.8) is 0 Å². The summed E-state index contributed by atoms with van der Waals surface area (Å²) in [6, 6.07) is 8.76. The molecule has 1 atom stereocenters. The van der Waals surface area contributed by atoms with Crippen molar-refractivity contribution in [2.75, 3.05) is 25.0 Å². The molecule has 2 heteroatoms. The Labute approximate surface area is 122 Å². The van der Waals surface area contributed by atoms with Crippen molar-refractivity contribution < 1.29 is 0 Å². The fraction of sp³-hybridized carbons (Fsp3) is 0.667. The first-order chi connectivity index (χ1) is 9.90. The maximum atomic E-state index is 3.79. The minimum atomic E-state index is 0.754. The van der Waals surface area contributed by atoms with Gasteiger partial charge in [-0.2, -0.15) is 0 Å². The van der Waals surface area contributed by atoms with Gasteiger partial charge in [0.1, 0.15) is 0 Å². The van der Waals surface area contributed by atoms with Crippen molar-refractivity contribution in [3.05, 3.63) is 29.8 Å². The first-order valence-electron chi connectivity index (χ1n) is 8.42. The molecular formula is C18H26N2. The maximum Gasteiger partial charge on any atom is 0.0372 e. The first-order valence-corrected chi connectivity index (χ1v) is 8.42. The molecule has 1 unspecified atom stereocenters. The van der Waals surface area contributed by atoms with E-state index in [9.17, 15) is 0 Å². The largest absolute Gasteiger partial charge is 0.384 e. The summed E-state index contributed by atoms with van der Waals surface area (Å²) < 4.78 is 0. The second-order valence-corrected chi connectivity index (χ2v) is 7.11. The summed E-state index contributed by atoms with van der Waals surface area (Å²) >= 11 is 0. The lowest BCUT2D eigenvalue weighted by atomic mass is 9.93. The minimum absolute atomic E-state index is 0.754. The SMILES string of the molecule is c1ccc2c(c1)CC(CNCC(C1CC1)C1CC1)CN2. The van der Waals surface area contributed by atoms with Crippen LogP contribution >= 0.6 is 0 Å². The van der Waals surface area contributed by atoms with Crippen LogP contribution in [0.15, 0.2) is 24.3 Å². The lowest BCUT2D eigenvalue weighted by Gasteiger charge is -2.27. The fourth-order valence-electron chi connectivity index (χ4n) is 3.87. The van der Waals surface area contributed by atoms with E-state index in [1.54, 1.807) is 0 Å². The van der Waals surface area contributed by atoms with Gasteiger partial charge in [-0.25, -0.2) is 0 Å². The molecular weight excluding hydrogens is 244 g/mol. The number of para-hydroxylation sites is 1. The number of hydrogen-bond acceptors (Lipinski definition) is 2. The van der Waals surface area contributed by atoms with Gasteiger partial charge in [0.25, 0.3) is 0 Å². The number of fused-ring (bicyclic) bond motifs is 1. The van der Waals surface area contributed by atoms with Gasteiger partial charge in [0.05, 0.1) is 0 Å². The lowest BCUT2D eigenvalue weighted by Crippen LogP contribution is -2.35. The predicted octanol–water partition coefficient (Wildman–Crippen LogP) is 3.30. The van der Waals surface area contributed by atoms with Crippen molar-refractivity contribution in [1.82, 2.24) is 5.32 Å². The zero-order chi connectivity index (χ0) is 13.4. The molecule has 4 rings (SSSR count). The van der Waals surface area contributed by atoms with Gasteiger partial charge in [0.2, 0.25) is 0 Å². The van der Waals surface area contributed by atoms with E-state index >= 15 is 0 Å². The highest BCUT2D eigenvalue weighted by Crippen LogP contribution is 2.48. The quantitative estimate of drug-likeness (QED) is 0.829. The highest BCUT2D eigenvalue weighted by Gasteiger charge is 2.40. The van der Waals surface area contributed by atoms with Crippen LogP contribution in [0.4, 0.5) is 5.69 Å². The normalized spacial score (nSPS) is 25.4. The standard InChI is InChI=1S/C18H26N2/c1-2-4-18-16(3-1)9-13(11-20-18)10-19-12-17(14-5-6-14)15-7-8-15/h1-4,13-15,17,19-20H,5-12H2. The summed E-state index contributed by atoms with van der Waals surface area (Å²) in [7, 11) is 0. The molecule has 0 bridgehead atoms. The first kappa shape index (κ1) is 12.7. The molecule has 2 saturated carbocycles. The van der Waals surface area contributed by atoms with Gasteiger partial charge < -0.3 is 10.6 Å². The van der Waals surface area contributed by atoms with E-state index in [0.717, 1.165) is 30.2 Å². The summed E-state index contributed by atoms with van der Waals surface area (Å²) in [4.78, 5) is 0. The molecule has 1 aliphatic heterocycles. The van der Waals surface area contributed by atoms with Crippen molar-refractivity contribution in [2.24, 2.45) is 23.7 Å². The number of rotatable bonds is 6. The monoisotopic (exact) mass is 270 g/mol. The molecule has 0 spiro atoms. The average molecular weight is 270 g/mol. The van der Waals surface area contributed by atoms with E-state index in [4.69, 9.17) is 0 Å². The number of benzene rings is 1. The molecule has 20 heavy (non-hydrogen) atoms. The maximum absolute atomic E-state index is 3.79. The third kappa shape index (κ3) is 2.85. The zero-order valence-electron chi connectivity index (χ0n) is 12.3. The molecule has 0 amide bonds. The third-order valence-electron chi connectivity index (χ3n) is 5.38. The van der Waals surface area contributed by atoms with Crippen LogP contribution in [0.5, 0.6) is 0 Å². The topological polar surface area (TPSA) is 24.1 Å². The Bertz CT molecular complexity index is 450. The molecule has 0 radical (unpaired) electrons. The van der Waals surface area contributed by atoms with Crippen molar-refractivity contribution in [1.29, 1.82) is 0 Å². The molecule has 3 aliphatic rings. The Morgan fingerprint density at radius 3 is 2.60 bits per heavy atom. The minimum Gasteiger partial charge on any atom is -0.384 e. The van der Waals surface area contributed by atoms with E-state index in [1.165, 1.54) is 56.4 Å². The molecule has 1 aromatic carbocycles. The molecule has 2 N–H and O–H groups in total. The van der Waals surface area contributed by atoms with Gasteiger partial charge in [0, 0.05) is 12.2 Å². The summed E-state index contributed by atoms with van der Waals surface area (Å²) in [6.07, 6.45) is 7.23. The molecule has 2 fully saturated rings. The summed E-state index contributed by atoms with van der Waals surface area (Å²) in [6.45, 7) is 3.58. The van der Waals surface area contributed by atoms with Crippen molar-refractivity contribution in [3.8, 4) is 0 Å². The zero-order valence-corrected chi connectivity index (χ0v) is 12.3. The van der Waals surface area contributed by atoms with E-state index in [0.29, 0.717) is 0 Å². The lowest BCUT2D eigenvalue weighted by molar-refractivity contribution is 0.361. The van der Waals surface area contributed by atoms with Gasteiger partial charge >= 0.3 is 0 Å². The van der Waals surface area contributed by atoms with Gasteiger partial charge in [-0.1, -0.05) is 18.2 Å². The van der Waals surface area contributed by atoms with Crippen LogP contribution in [0, 0.1) is 23.7 Å². The van der Waals surface area contributed by atoms with E-state index in [1.807, 2.05) is 0 Å². The Balaban J connectivity index is 1.26.